The largest absolute Gasteiger partial charge is 0.351 e. The molecule has 1 aromatic heterocycles. The number of amides is 1. The van der Waals surface area contributed by atoms with E-state index < -0.39 is 11.2 Å². The fraction of sp³-hybridized carbons (Fsp3) is 0.722. The second-order valence-electron chi connectivity index (χ2n) is 7.87. The van der Waals surface area contributed by atoms with Gasteiger partial charge in [0.25, 0.3) is 5.56 Å². The highest BCUT2D eigenvalue weighted by molar-refractivity contribution is 5.78. The van der Waals surface area contributed by atoms with Crippen LogP contribution in [0.4, 0.5) is 0 Å². The molecular formula is C18H28N4O3. The number of carbonyl (C=O) groups excluding carboxylic acids is 1. The van der Waals surface area contributed by atoms with Gasteiger partial charge < -0.3 is 15.2 Å². The lowest BCUT2D eigenvalue weighted by Gasteiger charge is -2.30. The lowest BCUT2D eigenvalue weighted by Crippen LogP contribution is -2.43. The third kappa shape index (κ3) is 4.39. The van der Waals surface area contributed by atoms with E-state index in [0.717, 1.165) is 25.6 Å². The summed E-state index contributed by atoms with van der Waals surface area (Å²) in [6.45, 7) is 7.44. The van der Waals surface area contributed by atoms with Crippen LogP contribution >= 0.6 is 0 Å². The second kappa shape index (κ2) is 7.56. The van der Waals surface area contributed by atoms with Gasteiger partial charge in [-0.05, 0) is 30.6 Å². The summed E-state index contributed by atoms with van der Waals surface area (Å²) in [5.74, 6) is 1.58. The Morgan fingerprint density at radius 2 is 2.08 bits per heavy atom. The zero-order valence-electron chi connectivity index (χ0n) is 15.0. The molecule has 7 heteroatoms. The van der Waals surface area contributed by atoms with E-state index in [0.29, 0.717) is 11.8 Å². The van der Waals surface area contributed by atoms with Gasteiger partial charge in [-0.15, -0.1) is 0 Å². The summed E-state index contributed by atoms with van der Waals surface area (Å²) in [6.07, 6.45) is 5.30. The van der Waals surface area contributed by atoms with Crippen molar-refractivity contribution in [3.8, 4) is 0 Å². The van der Waals surface area contributed by atoms with Crippen LogP contribution in [0.1, 0.15) is 38.7 Å². The van der Waals surface area contributed by atoms with Crippen molar-refractivity contribution in [3.05, 3.63) is 32.6 Å². The highest BCUT2D eigenvalue weighted by atomic mass is 16.2. The van der Waals surface area contributed by atoms with E-state index in [1.165, 1.54) is 25.5 Å². The van der Waals surface area contributed by atoms with Gasteiger partial charge >= 0.3 is 5.69 Å². The number of hydrogen-bond acceptors (Lipinski definition) is 4. The molecule has 0 bridgehead atoms. The molecule has 1 aliphatic carbocycles. The Morgan fingerprint density at radius 3 is 2.68 bits per heavy atom. The maximum absolute atomic E-state index is 12.4. The smallest absolute Gasteiger partial charge is 0.325 e. The molecule has 2 aliphatic rings. The van der Waals surface area contributed by atoms with Crippen LogP contribution < -0.4 is 16.6 Å². The fourth-order valence-corrected chi connectivity index (χ4v) is 3.93. The Hall–Kier alpha value is -1.89. The molecular weight excluding hydrogens is 320 g/mol. The first-order chi connectivity index (χ1) is 11.9. The van der Waals surface area contributed by atoms with E-state index >= 15 is 0 Å². The minimum atomic E-state index is -0.559. The van der Waals surface area contributed by atoms with E-state index in [9.17, 15) is 14.4 Å². The van der Waals surface area contributed by atoms with Crippen LogP contribution in [0, 0.1) is 17.8 Å². The third-order valence-electron chi connectivity index (χ3n) is 5.63. The molecule has 1 saturated heterocycles. The molecule has 1 aromatic rings. The Kier molecular flexibility index (Phi) is 5.42. The maximum atomic E-state index is 12.4. The molecule has 25 heavy (non-hydrogen) atoms. The topological polar surface area (TPSA) is 98.1 Å². The van der Waals surface area contributed by atoms with Crippen molar-refractivity contribution in [2.75, 3.05) is 19.6 Å². The number of aromatic amines is 2. The molecule has 2 fully saturated rings. The van der Waals surface area contributed by atoms with Crippen LogP contribution in [-0.2, 0) is 11.2 Å². The van der Waals surface area contributed by atoms with Crippen LogP contribution in [-0.4, -0.2) is 46.5 Å². The Morgan fingerprint density at radius 1 is 1.32 bits per heavy atom. The molecule has 1 amide bonds. The van der Waals surface area contributed by atoms with Crippen molar-refractivity contribution in [2.24, 2.45) is 17.8 Å². The standard InChI is InChI=1S/C18H28N4O3/c1-11(2)14-9-22(8-12-4-3-5-12)10-15(14)20-16(23)6-13-7-19-18(25)21-17(13)24/h7,11-12,14-15H,3-6,8-10H2,1-2H3,(H,20,23)(H2,19,21,24,25)/t14-,15+/m1/s1. The maximum Gasteiger partial charge on any atom is 0.325 e. The number of likely N-dealkylation sites (tertiary alicyclic amines) is 1. The van der Waals surface area contributed by atoms with Gasteiger partial charge in [-0.2, -0.15) is 0 Å². The van der Waals surface area contributed by atoms with Crippen LogP contribution in [0.15, 0.2) is 15.8 Å². The van der Waals surface area contributed by atoms with Crippen molar-refractivity contribution in [1.82, 2.24) is 20.2 Å². The van der Waals surface area contributed by atoms with E-state index in [1.807, 2.05) is 0 Å². The van der Waals surface area contributed by atoms with Gasteiger partial charge in [0, 0.05) is 37.4 Å². The highest BCUT2D eigenvalue weighted by Crippen LogP contribution is 2.31. The van der Waals surface area contributed by atoms with Crippen molar-refractivity contribution in [1.29, 1.82) is 0 Å². The van der Waals surface area contributed by atoms with E-state index in [4.69, 9.17) is 0 Å². The monoisotopic (exact) mass is 348 g/mol. The van der Waals surface area contributed by atoms with Gasteiger partial charge in [-0.3, -0.25) is 14.6 Å². The number of carbonyl (C=O) groups is 1. The summed E-state index contributed by atoms with van der Waals surface area (Å²) >= 11 is 0. The number of nitrogens with one attached hydrogen (secondary N) is 3. The van der Waals surface area contributed by atoms with Gasteiger partial charge in [-0.25, -0.2) is 4.79 Å². The molecule has 138 valence electrons. The van der Waals surface area contributed by atoms with Crippen LogP contribution in [0.2, 0.25) is 0 Å². The van der Waals surface area contributed by atoms with Crippen LogP contribution in [0.3, 0.4) is 0 Å². The van der Waals surface area contributed by atoms with E-state index in [1.54, 1.807) is 0 Å². The SMILES string of the molecule is CC(C)[C@H]1CN(CC2CCC2)C[C@@H]1NC(=O)Cc1c[nH]c(=O)[nH]c1=O. The summed E-state index contributed by atoms with van der Waals surface area (Å²) < 4.78 is 0. The average molecular weight is 348 g/mol. The first kappa shape index (κ1) is 17.9. The number of aromatic nitrogens is 2. The summed E-state index contributed by atoms with van der Waals surface area (Å²) in [4.78, 5) is 42.2. The third-order valence-corrected chi connectivity index (χ3v) is 5.63. The number of H-pyrrole nitrogens is 2. The summed E-state index contributed by atoms with van der Waals surface area (Å²) in [6, 6.07) is 0.120. The Bertz CT molecular complexity index is 720. The number of rotatable bonds is 6. The van der Waals surface area contributed by atoms with Gasteiger partial charge in [0.2, 0.25) is 5.91 Å². The summed E-state index contributed by atoms with van der Waals surface area (Å²) in [7, 11) is 0. The van der Waals surface area contributed by atoms with E-state index in [-0.39, 0.29) is 23.9 Å². The van der Waals surface area contributed by atoms with Crippen molar-refractivity contribution >= 4 is 5.91 Å². The molecule has 2 atom stereocenters. The highest BCUT2D eigenvalue weighted by Gasteiger charge is 2.36. The fourth-order valence-electron chi connectivity index (χ4n) is 3.93. The van der Waals surface area contributed by atoms with Crippen molar-refractivity contribution in [3.63, 3.8) is 0 Å². The first-order valence-electron chi connectivity index (χ1n) is 9.25. The lowest BCUT2D eigenvalue weighted by molar-refractivity contribution is -0.121. The molecule has 2 heterocycles. The van der Waals surface area contributed by atoms with Gasteiger partial charge in [0.15, 0.2) is 0 Å². The van der Waals surface area contributed by atoms with Gasteiger partial charge in [-0.1, -0.05) is 20.3 Å². The molecule has 3 N–H and O–H groups in total. The average Bonchev–Trinajstić information content (AvgIpc) is 2.89. The van der Waals surface area contributed by atoms with Crippen LogP contribution in [0.5, 0.6) is 0 Å². The van der Waals surface area contributed by atoms with Crippen molar-refractivity contribution < 1.29 is 4.79 Å². The first-order valence-corrected chi connectivity index (χ1v) is 9.25. The summed E-state index contributed by atoms with van der Waals surface area (Å²) in [5, 5.41) is 3.11. The Labute approximate surface area is 147 Å². The predicted octanol–water partition coefficient (Wildman–Crippen LogP) is 0.478. The summed E-state index contributed by atoms with van der Waals surface area (Å²) in [5.41, 5.74) is -0.781. The van der Waals surface area contributed by atoms with Crippen LogP contribution in [0.25, 0.3) is 0 Å². The minimum Gasteiger partial charge on any atom is -0.351 e. The van der Waals surface area contributed by atoms with Gasteiger partial charge in [0.05, 0.1) is 6.42 Å². The lowest BCUT2D eigenvalue weighted by atomic mass is 9.85. The van der Waals surface area contributed by atoms with E-state index in [2.05, 4.69) is 34.0 Å². The minimum absolute atomic E-state index is 0.0178. The molecule has 3 rings (SSSR count). The normalized spacial score (nSPS) is 24.4. The second-order valence-corrected chi connectivity index (χ2v) is 7.87. The van der Waals surface area contributed by atoms with Crippen molar-refractivity contribution in [2.45, 2.75) is 45.6 Å². The molecule has 0 spiro atoms. The molecule has 7 nitrogen and oxygen atoms in total. The molecule has 0 unspecified atom stereocenters. The molecule has 0 radical (unpaired) electrons. The number of nitrogens with zero attached hydrogens (tertiary/aromatic N) is 1. The van der Waals surface area contributed by atoms with Gasteiger partial charge in [0.1, 0.15) is 0 Å². The zero-order chi connectivity index (χ0) is 18.0. The molecule has 1 aliphatic heterocycles. The Balaban J connectivity index is 1.59. The molecule has 1 saturated carbocycles. The number of hydrogen-bond donors (Lipinski definition) is 3. The molecule has 0 aromatic carbocycles. The zero-order valence-corrected chi connectivity index (χ0v) is 15.0. The predicted molar refractivity (Wildman–Crippen MR) is 95.4 cm³/mol. The quantitative estimate of drug-likeness (QED) is 0.696.